The van der Waals surface area contributed by atoms with Crippen molar-refractivity contribution in [3.63, 3.8) is 0 Å². The molecule has 6 heteroatoms. The van der Waals surface area contributed by atoms with Crippen LogP contribution in [0.15, 0.2) is 57.8 Å². The summed E-state index contributed by atoms with van der Waals surface area (Å²) in [5.41, 5.74) is 3.47. The minimum absolute atomic E-state index is 0. The second-order valence-corrected chi connectivity index (χ2v) is 6.28. The zero-order valence-electron chi connectivity index (χ0n) is 18.2. The van der Waals surface area contributed by atoms with Crippen LogP contribution in [0.25, 0.3) is 0 Å². The Balaban J connectivity index is -0.000000955. The SMILES string of the molecule is CCCC1=CC(CCC)=CC(OC)(c2ccco2)C(CCC)=C1.[C-]#[O+].[C-]#[O+].[C-]#[O+].[Cr]. The Morgan fingerprint density at radius 3 is 1.83 bits per heavy atom. The number of methoxy groups -OCH3 is 1. The third-order valence-electron chi connectivity index (χ3n) is 4.40. The van der Waals surface area contributed by atoms with Gasteiger partial charge in [-0.15, -0.1) is 0 Å². The van der Waals surface area contributed by atoms with Crippen LogP contribution in [-0.2, 0) is 41.7 Å². The van der Waals surface area contributed by atoms with E-state index in [1.54, 1.807) is 13.4 Å². The molecule has 0 saturated carbocycles. The molecular weight excluding hydrogens is 420 g/mol. The predicted molar refractivity (Wildman–Crippen MR) is 108 cm³/mol. The fourth-order valence-corrected chi connectivity index (χ4v) is 3.41. The van der Waals surface area contributed by atoms with Crippen LogP contribution in [0.5, 0.6) is 0 Å². The van der Waals surface area contributed by atoms with E-state index in [1.165, 1.54) is 16.7 Å². The van der Waals surface area contributed by atoms with Crippen molar-refractivity contribution in [3.8, 4) is 0 Å². The fraction of sp³-hybridized carbons (Fsp3) is 0.458. The number of rotatable bonds is 8. The second kappa shape index (κ2) is 20.5. The van der Waals surface area contributed by atoms with Gasteiger partial charge in [-0.05, 0) is 54.2 Å². The number of hydrogen-bond acceptors (Lipinski definition) is 2. The summed E-state index contributed by atoms with van der Waals surface area (Å²) in [7, 11) is 1.79. The maximum absolute atomic E-state index is 7.50. The Bertz CT molecular complexity index is 693. The summed E-state index contributed by atoms with van der Waals surface area (Å²) in [5, 5.41) is 0. The van der Waals surface area contributed by atoms with Crippen molar-refractivity contribution in [2.75, 3.05) is 7.11 Å². The summed E-state index contributed by atoms with van der Waals surface area (Å²) in [4.78, 5) is 0. The summed E-state index contributed by atoms with van der Waals surface area (Å²) in [6.07, 6.45) is 15.3. The molecule has 1 unspecified atom stereocenters. The minimum Gasteiger partial charge on any atom is 0 e. The van der Waals surface area contributed by atoms with E-state index in [1.807, 2.05) is 12.1 Å². The smallest absolute Gasteiger partial charge is 0 e. The molecule has 0 amide bonds. The van der Waals surface area contributed by atoms with Gasteiger partial charge in [-0.3, -0.25) is 0 Å². The van der Waals surface area contributed by atoms with E-state index >= 15 is 0 Å². The van der Waals surface area contributed by atoms with Crippen molar-refractivity contribution in [1.82, 2.24) is 0 Å². The van der Waals surface area contributed by atoms with Gasteiger partial charge in [-0.2, -0.15) is 0 Å². The topological polar surface area (TPSA) is 82.1 Å². The fourth-order valence-electron chi connectivity index (χ4n) is 3.41. The van der Waals surface area contributed by atoms with Gasteiger partial charge in [0, 0.05) is 24.5 Å². The predicted octanol–water partition coefficient (Wildman–Crippen LogP) is 6.20. The van der Waals surface area contributed by atoms with Crippen molar-refractivity contribution in [3.05, 3.63) is 79.1 Å². The normalized spacial score (nSPS) is 16.7. The molecule has 0 saturated heterocycles. The largest absolute Gasteiger partial charge is 0 e. The van der Waals surface area contributed by atoms with Crippen LogP contribution in [0.2, 0.25) is 0 Å². The average molecular weight is 450 g/mol. The number of furan rings is 1. The number of ether oxygens (including phenoxy) is 1. The van der Waals surface area contributed by atoms with Crippen LogP contribution in [0.3, 0.4) is 0 Å². The number of allylic oxidation sites excluding steroid dienone is 4. The van der Waals surface area contributed by atoms with E-state index in [-0.39, 0.29) is 17.4 Å². The maximum Gasteiger partial charge on any atom is 0 e. The summed E-state index contributed by atoms with van der Waals surface area (Å²) >= 11 is 0. The van der Waals surface area contributed by atoms with E-state index < -0.39 is 5.60 Å². The van der Waals surface area contributed by atoms with Crippen LogP contribution in [0, 0.1) is 20.0 Å². The Morgan fingerprint density at radius 2 is 1.40 bits per heavy atom. The van der Waals surface area contributed by atoms with E-state index in [9.17, 15) is 0 Å². The van der Waals surface area contributed by atoms with Gasteiger partial charge in [0.1, 0.15) is 5.76 Å². The molecule has 1 aromatic heterocycles. The first-order chi connectivity index (χ1) is 14.2. The van der Waals surface area contributed by atoms with Crippen LogP contribution >= 0.6 is 0 Å². The van der Waals surface area contributed by atoms with E-state index in [2.05, 4.69) is 59.0 Å². The van der Waals surface area contributed by atoms with E-state index in [4.69, 9.17) is 23.1 Å². The minimum atomic E-state index is -0.573. The summed E-state index contributed by atoms with van der Waals surface area (Å²) in [6, 6.07) is 3.97. The molecule has 1 aliphatic rings. The first kappa shape index (κ1) is 32.9. The summed E-state index contributed by atoms with van der Waals surface area (Å²) in [6.45, 7) is 20.2. The van der Waals surface area contributed by atoms with Gasteiger partial charge in [0.05, 0.1) is 6.26 Å². The molecule has 0 N–H and O–H groups in total. The van der Waals surface area contributed by atoms with Crippen molar-refractivity contribution in [2.45, 2.75) is 64.9 Å². The van der Waals surface area contributed by atoms with Gasteiger partial charge < -0.3 is 9.15 Å². The second-order valence-electron chi connectivity index (χ2n) is 6.28. The molecule has 1 aliphatic carbocycles. The molecule has 0 fully saturated rings. The average Bonchev–Trinajstić information content (AvgIpc) is 3.27. The van der Waals surface area contributed by atoms with E-state index in [0.717, 1.165) is 44.3 Å². The molecule has 0 bridgehead atoms. The van der Waals surface area contributed by atoms with Gasteiger partial charge in [-0.1, -0.05) is 52.2 Å². The third-order valence-corrected chi connectivity index (χ3v) is 4.40. The Morgan fingerprint density at radius 1 is 0.867 bits per heavy atom. The molecule has 0 aromatic carbocycles. The van der Waals surface area contributed by atoms with Crippen LogP contribution < -0.4 is 0 Å². The van der Waals surface area contributed by atoms with Gasteiger partial charge >= 0.3 is 33.9 Å². The molecule has 162 valence electrons. The van der Waals surface area contributed by atoms with Gasteiger partial charge in [0.25, 0.3) is 0 Å². The van der Waals surface area contributed by atoms with Gasteiger partial charge in [-0.25, -0.2) is 0 Å². The first-order valence-corrected chi connectivity index (χ1v) is 9.53. The molecule has 0 spiro atoms. The monoisotopic (exact) mass is 450 g/mol. The molecule has 5 nitrogen and oxygen atoms in total. The Labute approximate surface area is 191 Å². The zero-order valence-corrected chi connectivity index (χ0v) is 19.4. The first-order valence-electron chi connectivity index (χ1n) is 9.53. The third kappa shape index (κ3) is 9.35. The molecular formula is C24H30CrO5. The zero-order chi connectivity index (χ0) is 22.7. The van der Waals surface area contributed by atoms with Crippen molar-refractivity contribution in [2.24, 2.45) is 0 Å². The van der Waals surface area contributed by atoms with Gasteiger partial charge in [0.2, 0.25) is 0 Å². The molecule has 1 heterocycles. The molecule has 1 atom stereocenters. The van der Waals surface area contributed by atoms with Crippen molar-refractivity contribution in [1.29, 1.82) is 0 Å². The molecule has 1 aromatic rings. The van der Waals surface area contributed by atoms with E-state index in [0.29, 0.717) is 0 Å². The molecule has 0 aliphatic heterocycles. The van der Waals surface area contributed by atoms with Crippen LogP contribution in [0.4, 0.5) is 0 Å². The van der Waals surface area contributed by atoms with Crippen molar-refractivity contribution < 1.29 is 40.5 Å². The maximum atomic E-state index is 7.50. The van der Waals surface area contributed by atoms with Crippen LogP contribution in [0.1, 0.15) is 65.1 Å². The summed E-state index contributed by atoms with van der Waals surface area (Å²) in [5.74, 6) is 0.874. The van der Waals surface area contributed by atoms with Crippen LogP contribution in [-0.4, -0.2) is 7.11 Å². The molecule has 30 heavy (non-hydrogen) atoms. The Kier molecular flexibility index (Phi) is 22.4. The molecule has 2 rings (SSSR count). The Hall–Kier alpha value is -1.79. The standard InChI is InChI=1S/C21H30O2.3CO.Cr/c1-5-9-17-14-18(10-6-2)16-21(22-4,19(15-17)11-7-3)20-12-8-13-23-20;3*1-2;/h8,12-16H,5-7,9-11H2,1-4H3;;;;. The van der Waals surface area contributed by atoms with Gasteiger partial charge in [0.15, 0.2) is 5.60 Å². The molecule has 0 radical (unpaired) electrons. The summed E-state index contributed by atoms with van der Waals surface area (Å²) < 4.78 is 34.4. The number of hydrogen-bond donors (Lipinski definition) is 0. The quantitative estimate of drug-likeness (QED) is 0.349. The van der Waals surface area contributed by atoms with Crippen molar-refractivity contribution >= 4 is 0 Å².